The predicted molar refractivity (Wildman–Crippen MR) is 77.2 cm³/mol. The lowest BCUT2D eigenvalue weighted by Gasteiger charge is -2.09. The molecule has 20 heavy (non-hydrogen) atoms. The number of rotatable bonds is 5. The molecule has 0 amide bonds. The van der Waals surface area contributed by atoms with Gasteiger partial charge < -0.3 is 5.11 Å². The summed E-state index contributed by atoms with van der Waals surface area (Å²) >= 11 is 0. The quantitative estimate of drug-likeness (QED) is 0.667. The molecule has 0 saturated carbocycles. The third kappa shape index (κ3) is 2.67. The van der Waals surface area contributed by atoms with Crippen molar-refractivity contribution in [1.82, 2.24) is 0 Å². The van der Waals surface area contributed by atoms with Gasteiger partial charge in [-0.15, -0.1) is 6.58 Å². The van der Waals surface area contributed by atoms with Crippen LogP contribution in [0.25, 0.3) is 0 Å². The number of carbonyl (C=O) groups is 2. The molecule has 0 aliphatic heterocycles. The first-order valence-corrected chi connectivity index (χ1v) is 6.21. The van der Waals surface area contributed by atoms with Crippen molar-refractivity contribution in [2.75, 3.05) is 0 Å². The fraction of sp³-hybridized carbons (Fsp3) is 0.0588. The molecule has 2 aromatic carbocycles. The highest BCUT2D eigenvalue weighted by Crippen LogP contribution is 2.19. The molecule has 0 radical (unpaired) electrons. The Bertz CT molecular complexity index is 657. The summed E-state index contributed by atoms with van der Waals surface area (Å²) in [7, 11) is 0. The molecule has 0 aromatic heterocycles. The largest absolute Gasteiger partial charge is 0.478 e. The Morgan fingerprint density at radius 2 is 1.75 bits per heavy atom. The zero-order valence-corrected chi connectivity index (χ0v) is 10.9. The van der Waals surface area contributed by atoms with Crippen LogP contribution in [0.4, 0.5) is 0 Å². The van der Waals surface area contributed by atoms with Gasteiger partial charge in [0, 0.05) is 11.1 Å². The topological polar surface area (TPSA) is 54.4 Å². The summed E-state index contributed by atoms with van der Waals surface area (Å²) in [5.74, 6) is -1.38. The van der Waals surface area contributed by atoms with Crippen molar-refractivity contribution in [2.24, 2.45) is 0 Å². The molecule has 0 spiro atoms. The van der Waals surface area contributed by atoms with Crippen LogP contribution in [-0.4, -0.2) is 16.9 Å². The standard InChI is InChI=1S/C17H14O3/c1-2-7-12-10-6-11-14(15(12)17(19)20)16(18)13-8-4-3-5-9-13/h2-6,8-11H,1,7H2,(H,19,20). The van der Waals surface area contributed by atoms with Crippen molar-refractivity contribution in [3.63, 3.8) is 0 Å². The minimum atomic E-state index is -1.10. The summed E-state index contributed by atoms with van der Waals surface area (Å²) in [6.45, 7) is 3.61. The first-order chi connectivity index (χ1) is 9.65. The molecule has 3 nitrogen and oxygen atoms in total. The summed E-state index contributed by atoms with van der Waals surface area (Å²) in [4.78, 5) is 23.9. The number of benzene rings is 2. The number of ketones is 1. The van der Waals surface area contributed by atoms with Gasteiger partial charge in [-0.3, -0.25) is 4.79 Å². The van der Waals surface area contributed by atoms with Gasteiger partial charge >= 0.3 is 5.97 Å². The second-order valence-corrected chi connectivity index (χ2v) is 4.33. The molecule has 2 rings (SSSR count). The number of hydrogen-bond donors (Lipinski definition) is 1. The van der Waals surface area contributed by atoms with Crippen LogP contribution in [0.1, 0.15) is 31.8 Å². The summed E-state index contributed by atoms with van der Waals surface area (Å²) in [6, 6.07) is 13.6. The number of allylic oxidation sites excluding steroid dienone is 1. The Hall–Kier alpha value is -2.68. The third-order valence-corrected chi connectivity index (χ3v) is 3.01. The number of hydrogen-bond acceptors (Lipinski definition) is 2. The molecular formula is C17H14O3. The van der Waals surface area contributed by atoms with E-state index in [-0.39, 0.29) is 16.9 Å². The Morgan fingerprint density at radius 3 is 2.35 bits per heavy atom. The molecule has 1 N–H and O–H groups in total. The Labute approximate surface area is 117 Å². The van der Waals surface area contributed by atoms with E-state index in [1.165, 1.54) is 0 Å². The molecule has 0 saturated heterocycles. The van der Waals surface area contributed by atoms with Gasteiger partial charge in [0.05, 0.1) is 5.56 Å². The van der Waals surface area contributed by atoms with Crippen molar-refractivity contribution < 1.29 is 14.7 Å². The highest BCUT2D eigenvalue weighted by molar-refractivity contribution is 6.14. The molecule has 0 aliphatic carbocycles. The van der Waals surface area contributed by atoms with Crippen LogP contribution in [0.15, 0.2) is 61.2 Å². The second kappa shape index (κ2) is 5.97. The molecule has 100 valence electrons. The zero-order chi connectivity index (χ0) is 14.5. The predicted octanol–water partition coefficient (Wildman–Crippen LogP) is 3.34. The lowest BCUT2D eigenvalue weighted by molar-refractivity contribution is 0.0691. The van der Waals surface area contributed by atoms with Gasteiger partial charge in [0.1, 0.15) is 0 Å². The summed E-state index contributed by atoms with van der Waals surface area (Å²) < 4.78 is 0. The first-order valence-electron chi connectivity index (χ1n) is 6.21. The lowest BCUT2D eigenvalue weighted by atomic mass is 9.93. The van der Waals surface area contributed by atoms with E-state index >= 15 is 0 Å². The zero-order valence-electron chi connectivity index (χ0n) is 10.9. The lowest BCUT2D eigenvalue weighted by Crippen LogP contribution is -2.12. The van der Waals surface area contributed by atoms with E-state index in [1.54, 1.807) is 48.5 Å². The SMILES string of the molecule is C=CCc1cccc(C(=O)c2ccccc2)c1C(=O)O. The fourth-order valence-electron chi connectivity index (χ4n) is 2.11. The Balaban J connectivity index is 2.56. The molecule has 0 aliphatic rings. The third-order valence-electron chi connectivity index (χ3n) is 3.01. The molecule has 0 bridgehead atoms. The van der Waals surface area contributed by atoms with Gasteiger partial charge in [-0.1, -0.05) is 54.6 Å². The van der Waals surface area contributed by atoms with E-state index in [2.05, 4.69) is 6.58 Å². The van der Waals surface area contributed by atoms with Crippen LogP contribution in [-0.2, 0) is 6.42 Å². The molecular weight excluding hydrogens is 252 g/mol. The number of carbonyl (C=O) groups excluding carboxylic acids is 1. The highest BCUT2D eigenvalue weighted by atomic mass is 16.4. The summed E-state index contributed by atoms with van der Waals surface area (Å²) in [6.07, 6.45) is 2.04. The van der Waals surface area contributed by atoms with Gasteiger partial charge in [0.15, 0.2) is 5.78 Å². The van der Waals surface area contributed by atoms with Gasteiger partial charge in [0.25, 0.3) is 0 Å². The monoisotopic (exact) mass is 266 g/mol. The van der Waals surface area contributed by atoms with E-state index in [4.69, 9.17) is 0 Å². The van der Waals surface area contributed by atoms with Crippen LogP contribution >= 0.6 is 0 Å². The molecule has 2 aromatic rings. The molecule has 0 atom stereocenters. The van der Waals surface area contributed by atoms with Gasteiger partial charge in [0.2, 0.25) is 0 Å². The van der Waals surface area contributed by atoms with Crippen molar-refractivity contribution in [1.29, 1.82) is 0 Å². The second-order valence-electron chi connectivity index (χ2n) is 4.33. The maximum Gasteiger partial charge on any atom is 0.336 e. The van der Waals surface area contributed by atoms with Crippen molar-refractivity contribution in [2.45, 2.75) is 6.42 Å². The van der Waals surface area contributed by atoms with Crippen molar-refractivity contribution in [3.8, 4) is 0 Å². The summed E-state index contributed by atoms with van der Waals surface area (Å²) in [5.41, 5.74) is 1.34. The summed E-state index contributed by atoms with van der Waals surface area (Å²) in [5, 5.41) is 9.38. The van der Waals surface area contributed by atoms with Gasteiger partial charge in [-0.05, 0) is 12.0 Å². The van der Waals surface area contributed by atoms with Crippen molar-refractivity contribution in [3.05, 3.63) is 83.4 Å². The first kappa shape index (κ1) is 13.7. The average Bonchev–Trinajstić information content (AvgIpc) is 2.47. The number of aromatic carboxylic acids is 1. The van der Waals surface area contributed by atoms with E-state index in [0.717, 1.165) is 0 Å². The normalized spacial score (nSPS) is 10.0. The van der Waals surface area contributed by atoms with Crippen LogP contribution in [0.2, 0.25) is 0 Å². The Kier molecular flexibility index (Phi) is 4.11. The van der Waals surface area contributed by atoms with Crippen LogP contribution in [0, 0.1) is 0 Å². The van der Waals surface area contributed by atoms with E-state index in [0.29, 0.717) is 17.5 Å². The maximum atomic E-state index is 12.4. The van der Waals surface area contributed by atoms with E-state index in [1.807, 2.05) is 6.07 Å². The van der Waals surface area contributed by atoms with Gasteiger partial charge in [-0.25, -0.2) is 4.79 Å². The van der Waals surface area contributed by atoms with Crippen molar-refractivity contribution >= 4 is 11.8 Å². The van der Waals surface area contributed by atoms with E-state index in [9.17, 15) is 14.7 Å². The fourth-order valence-corrected chi connectivity index (χ4v) is 2.11. The van der Waals surface area contributed by atoms with Crippen LogP contribution in [0.3, 0.4) is 0 Å². The van der Waals surface area contributed by atoms with E-state index < -0.39 is 5.97 Å². The maximum absolute atomic E-state index is 12.4. The molecule has 0 heterocycles. The minimum Gasteiger partial charge on any atom is -0.478 e. The van der Waals surface area contributed by atoms with Crippen LogP contribution < -0.4 is 0 Å². The number of carboxylic acids is 1. The smallest absolute Gasteiger partial charge is 0.336 e. The molecule has 3 heteroatoms. The molecule has 0 unspecified atom stereocenters. The van der Waals surface area contributed by atoms with Crippen LogP contribution in [0.5, 0.6) is 0 Å². The molecule has 0 fully saturated rings. The Morgan fingerprint density at radius 1 is 1.05 bits per heavy atom. The average molecular weight is 266 g/mol. The van der Waals surface area contributed by atoms with Gasteiger partial charge in [-0.2, -0.15) is 0 Å². The number of carboxylic acid groups (broad SMARTS) is 1. The minimum absolute atomic E-state index is 0.0567. The highest BCUT2D eigenvalue weighted by Gasteiger charge is 2.20.